The van der Waals surface area contributed by atoms with E-state index in [1.54, 1.807) is 0 Å². The lowest BCUT2D eigenvalue weighted by Gasteiger charge is -2.17. The molecule has 0 aliphatic rings. The van der Waals surface area contributed by atoms with Gasteiger partial charge in [0.2, 0.25) is 5.91 Å². The smallest absolute Gasteiger partial charge is 0.221 e. The Kier molecular flexibility index (Phi) is 6.89. The van der Waals surface area contributed by atoms with Crippen LogP contribution in [0.3, 0.4) is 0 Å². The topological polar surface area (TPSA) is 41.1 Å². The molecule has 1 aromatic rings. The van der Waals surface area contributed by atoms with Gasteiger partial charge in [0.1, 0.15) is 0 Å². The van der Waals surface area contributed by atoms with Crippen LogP contribution in [0.4, 0.5) is 0 Å². The summed E-state index contributed by atoms with van der Waals surface area (Å²) >= 11 is 5.94. The molecule has 1 rings (SSSR count). The van der Waals surface area contributed by atoms with Gasteiger partial charge >= 0.3 is 0 Å². The average Bonchev–Trinajstić information content (AvgIpc) is 2.28. The lowest BCUT2D eigenvalue weighted by molar-refractivity contribution is -0.122. The Morgan fingerprint density at radius 3 is 2.68 bits per heavy atom. The van der Waals surface area contributed by atoms with Gasteiger partial charge in [0, 0.05) is 23.5 Å². The minimum absolute atomic E-state index is 0.0861. The summed E-state index contributed by atoms with van der Waals surface area (Å²) in [5.41, 5.74) is 1.14. The van der Waals surface area contributed by atoms with Gasteiger partial charge < -0.3 is 10.6 Å². The van der Waals surface area contributed by atoms with Crippen LogP contribution in [-0.2, 0) is 11.2 Å². The van der Waals surface area contributed by atoms with E-state index in [2.05, 4.69) is 10.6 Å². The highest BCUT2D eigenvalue weighted by atomic mass is 35.5. The number of carbonyl (C=O) groups is 1. The van der Waals surface area contributed by atoms with Gasteiger partial charge in [-0.1, -0.05) is 30.7 Å². The number of hydrogen-bond acceptors (Lipinski definition) is 2. The van der Waals surface area contributed by atoms with E-state index >= 15 is 0 Å². The molecule has 1 amide bonds. The van der Waals surface area contributed by atoms with Crippen LogP contribution in [-0.4, -0.2) is 24.5 Å². The van der Waals surface area contributed by atoms with Gasteiger partial charge in [-0.25, -0.2) is 0 Å². The summed E-state index contributed by atoms with van der Waals surface area (Å²) in [4.78, 5) is 11.8. The second kappa shape index (κ2) is 8.18. The standard InChI is InChI=1S/C15H23ClN2O/c1-4-17-11(2)9-15(19)18-12(3)8-13-6-5-7-14(16)10-13/h5-7,10-12,17H,4,8-9H2,1-3H3,(H,18,19). The number of rotatable bonds is 7. The maximum Gasteiger partial charge on any atom is 0.221 e. The van der Waals surface area contributed by atoms with Crippen LogP contribution in [0.5, 0.6) is 0 Å². The van der Waals surface area contributed by atoms with E-state index in [4.69, 9.17) is 11.6 Å². The predicted octanol–water partition coefficient (Wildman–Crippen LogP) is 2.78. The Balaban J connectivity index is 2.38. The monoisotopic (exact) mass is 282 g/mol. The van der Waals surface area contributed by atoms with E-state index in [0.29, 0.717) is 6.42 Å². The van der Waals surface area contributed by atoms with Crippen molar-refractivity contribution in [3.63, 3.8) is 0 Å². The molecule has 2 unspecified atom stereocenters. The molecule has 1 aromatic carbocycles. The molecule has 0 spiro atoms. The normalized spacial score (nSPS) is 13.9. The summed E-state index contributed by atoms with van der Waals surface area (Å²) in [5, 5.41) is 6.98. The summed E-state index contributed by atoms with van der Waals surface area (Å²) in [7, 11) is 0. The third kappa shape index (κ3) is 6.60. The summed E-state index contributed by atoms with van der Waals surface area (Å²) in [5.74, 6) is 0.0861. The molecule has 19 heavy (non-hydrogen) atoms. The zero-order valence-electron chi connectivity index (χ0n) is 11.9. The van der Waals surface area contributed by atoms with Gasteiger partial charge in [-0.05, 0) is 44.5 Å². The fourth-order valence-corrected chi connectivity index (χ4v) is 2.31. The number of halogens is 1. The van der Waals surface area contributed by atoms with Crippen molar-refractivity contribution in [1.29, 1.82) is 0 Å². The van der Waals surface area contributed by atoms with Crippen LogP contribution < -0.4 is 10.6 Å². The van der Waals surface area contributed by atoms with Crippen molar-refractivity contribution in [3.8, 4) is 0 Å². The molecular weight excluding hydrogens is 260 g/mol. The van der Waals surface area contributed by atoms with Crippen LogP contribution in [0.1, 0.15) is 32.8 Å². The Morgan fingerprint density at radius 2 is 2.05 bits per heavy atom. The lowest BCUT2D eigenvalue weighted by Crippen LogP contribution is -2.38. The molecule has 4 heteroatoms. The first kappa shape index (κ1) is 16.0. The SMILES string of the molecule is CCNC(C)CC(=O)NC(C)Cc1cccc(Cl)c1. The second-order valence-electron chi connectivity index (χ2n) is 4.97. The Hall–Kier alpha value is -1.06. The molecular formula is C15H23ClN2O. The fourth-order valence-electron chi connectivity index (χ4n) is 2.10. The fraction of sp³-hybridized carbons (Fsp3) is 0.533. The summed E-state index contributed by atoms with van der Waals surface area (Å²) in [6.45, 7) is 6.95. The molecule has 2 N–H and O–H groups in total. The van der Waals surface area contributed by atoms with Crippen molar-refractivity contribution in [2.45, 2.75) is 45.7 Å². The Labute approximate surface area is 120 Å². The van der Waals surface area contributed by atoms with Crippen LogP contribution in [0.25, 0.3) is 0 Å². The number of benzene rings is 1. The second-order valence-corrected chi connectivity index (χ2v) is 5.40. The molecule has 2 atom stereocenters. The molecule has 3 nitrogen and oxygen atoms in total. The average molecular weight is 283 g/mol. The maximum absolute atomic E-state index is 11.8. The van der Waals surface area contributed by atoms with Crippen LogP contribution >= 0.6 is 11.6 Å². The highest BCUT2D eigenvalue weighted by molar-refractivity contribution is 6.30. The molecule has 0 saturated heterocycles. The summed E-state index contributed by atoms with van der Waals surface area (Å²) in [6, 6.07) is 8.07. The van der Waals surface area contributed by atoms with E-state index in [1.807, 2.05) is 45.0 Å². The van der Waals surface area contributed by atoms with E-state index < -0.39 is 0 Å². The van der Waals surface area contributed by atoms with Crippen LogP contribution in [0.2, 0.25) is 5.02 Å². The van der Waals surface area contributed by atoms with Crippen molar-refractivity contribution in [2.75, 3.05) is 6.54 Å². The molecule has 0 bridgehead atoms. The molecule has 0 saturated carbocycles. The first-order valence-electron chi connectivity index (χ1n) is 6.78. The zero-order chi connectivity index (χ0) is 14.3. The largest absolute Gasteiger partial charge is 0.353 e. The third-order valence-corrected chi connectivity index (χ3v) is 3.12. The Bertz CT molecular complexity index is 409. The quantitative estimate of drug-likeness (QED) is 0.807. The van der Waals surface area contributed by atoms with Crippen molar-refractivity contribution in [2.24, 2.45) is 0 Å². The van der Waals surface area contributed by atoms with Gasteiger partial charge in [0.15, 0.2) is 0 Å². The van der Waals surface area contributed by atoms with Gasteiger partial charge in [0.05, 0.1) is 0 Å². The molecule has 0 fully saturated rings. The van der Waals surface area contributed by atoms with E-state index in [-0.39, 0.29) is 18.0 Å². The minimum Gasteiger partial charge on any atom is -0.353 e. The number of hydrogen-bond donors (Lipinski definition) is 2. The number of nitrogens with one attached hydrogen (secondary N) is 2. The van der Waals surface area contributed by atoms with Crippen molar-refractivity contribution in [3.05, 3.63) is 34.9 Å². The first-order valence-corrected chi connectivity index (χ1v) is 7.16. The van der Waals surface area contributed by atoms with E-state index in [0.717, 1.165) is 23.6 Å². The van der Waals surface area contributed by atoms with Crippen LogP contribution in [0, 0.1) is 0 Å². The summed E-state index contributed by atoms with van der Waals surface area (Å²) < 4.78 is 0. The molecule has 0 radical (unpaired) electrons. The number of amides is 1. The van der Waals surface area contributed by atoms with Gasteiger partial charge in [-0.3, -0.25) is 4.79 Å². The zero-order valence-corrected chi connectivity index (χ0v) is 12.6. The van der Waals surface area contributed by atoms with Crippen molar-refractivity contribution >= 4 is 17.5 Å². The van der Waals surface area contributed by atoms with Crippen molar-refractivity contribution < 1.29 is 4.79 Å². The highest BCUT2D eigenvalue weighted by Crippen LogP contribution is 2.12. The van der Waals surface area contributed by atoms with E-state index in [1.165, 1.54) is 0 Å². The maximum atomic E-state index is 11.8. The predicted molar refractivity (Wildman–Crippen MR) is 80.5 cm³/mol. The van der Waals surface area contributed by atoms with Gasteiger partial charge in [-0.15, -0.1) is 0 Å². The molecule has 106 valence electrons. The van der Waals surface area contributed by atoms with Crippen LogP contribution in [0.15, 0.2) is 24.3 Å². The first-order chi connectivity index (χ1) is 9.01. The molecule has 0 aliphatic heterocycles. The number of carbonyl (C=O) groups excluding carboxylic acids is 1. The van der Waals surface area contributed by atoms with Gasteiger partial charge in [0.25, 0.3) is 0 Å². The highest BCUT2D eigenvalue weighted by Gasteiger charge is 2.11. The van der Waals surface area contributed by atoms with Crippen molar-refractivity contribution in [1.82, 2.24) is 10.6 Å². The molecule has 0 aliphatic carbocycles. The third-order valence-electron chi connectivity index (χ3n) is 2.88. The van der Waals surface area contributed by atoms with E-state index in [9.17, 15) is 4.79 Å². The minimum atomic E-state index is 0.0861. The molecule has 0 aromatic heterocycles. The Morgan fingerprint density at radius 1 is 1.32 bits per heavy atom. The lowest BCUT2D eigenvalue weighted by atomic mass is 10.1. The molecule has 0 heterocycles. The van der Waals surface area contributed by atoms with Gasteiger partial charge in [-0.2, -0.15) is 0 Å². The summed E-state index contributed by atoms with van der Waals surface area (Å²) in [6.07, 6.45) is 1.30.